The van der Waals surface area contributed by atoms with E-state index < -0.39 is 0 Å². The lowest BCUT2D eigenvalue weighted by molar-refractivity contribution is -0.145. The molecular weight excluding hydrogens is 658 g/mol. The molecule has 1 rings (SSSR count). The molecular formula is C35H63NO14. The van der Waals surface area contributed by atoms with Crippen molar-refractivity contribution >= 4 is 17.8 Å². The molecule has 1 heterocycles. The fraction of sp³-hybridized carbons (Fsp3) is 0.857. The van der Waals surface area contributed by atoms with Gasteiger partial charge in [-0.1, -0.05) is 39.0 Å². The summed E-state index contributed by atoms with van der Waals surface area (Å²) in [5, 5.41) is 0. The highest BCUT2D eigenvalue weighted by atomic mass is 16.6. The molecule has 1 aliphatic heterocycles. The molecule has 15 heteroatoms. The Morgan fingerprint density at radius 1 is 0.440 bits per heavy atom. The number of carbonyl (C=O) groups excluding carboxylic acids is 3. The van der Waals surface area contributed by atoms with E-state index in [2.05, 4.69) is 6.92 Å². The second kappa shape index (κ2) is 36.7. The van der Waals surface area contributed by atoms with Gasteiger partial charge >= 0.3 is 5.97 Å². The maximum atomic E-state index is 11.7. The number of imide groups is 1. The van der Waals surface area contributed by atoms with Crippen molar-refractivity contribution in [1.29, 1.82) is 0 Å². The summed E-state index contributed by atoms with van der Waals surface area (Å²) in [6, 6.07) is 0. The van der Waals surface area contributed by atoms with Gasteiger partial charge < -0.3 is 52.1 Å². The van der Waals surface area contributed by atoms with Crippen LogP contribution in [0.5, 0.6) is 0 Å². The van der Waals surface area contributed by atoms with E-state index in [1.54, 1.807) is 0 Å². The first-order valence-corrected chi connectivity index (χ1v) is 18.1. The van der Waals surface area contributed by atoms with Crippen LogP contribution in [0.2, 0.25) is 0 Å². The monoisotopic (exact) mass is 721 g/mol. The quantitative estimate of drug-likeness (QED) is 0.0516. The number of hydrogen-bond acceptors (Lipinski definition) is 14. The maximum Gasteiger partial charge on any atom is 0.305 e. The number of ether oxygens (including phenoxy) is 11. The molecule has 0 saturated heterocycles. The number of hydrogen-bond donors (Lipinski definition) is 0. The molecule has 0 aromatic rings. The molecule has 0 aromatic heterocycles. The third kappa shape index (κ3) is 30.7. The number of nitrogens with zero attached hydrogens (tertiary/aromatic N) is 1. The van der Waals surface area contributed by atoms with E-state index in [0.717, 1.165) is 17.7 Å². The second-order valence-electron chi connectivity index (χ2n) is 11.0. The highest BCUT2D eigenvalue weighted by molar-refractivity contribution is 6.12. The Labute approximate surface area is 298 Å². The van der Waals surface area contributed by atoms with Crippen molar-refractivity contribution in [2.24, 2.45) is 0 Å². The summed E-state index contributed by atoms with van der Waals surface area (Å²) < 4.78 is 59.6. The number of carbonyl (C=O) groups is 3. The van der Waals surface area contributed by atoms with Crippen LogP contribution in [-0.4, -0.2) is 168 Å². The molecule has 0 aliphatic carbocycles. The summed E-state index contributed by atoms with van der Waals surface area (Å²) in [4.78, 5) is 35.6. The van der Waals surface area contributed by atoms with Crippen LogP contribution >= 0.6 is 0 Å². The van der Waals surface area contributed by atoms with Crippen molar-refractivity contribution < 1.29 is 66.5 Å². The number of rotatable bonds is 40. The van der Waals surface area contributed by atoms with E-state index in [9.17, 15) is 14.4 Å². The molecule has 15 nitrogen and oxygen atoms in total. The third-order valence-corrected chi connectivity index (χ3v) is 6.93. The Bertz CT molecular complexity index is 813. The molecule has 0 bridgehead atoms. The zero-order chi connectivity index (χ0) is 36.0. The zero-order valence-electron chi connectivity index (χ0n) is 30.3. The van der Waals surface area contributed by atoms with E-state index in [1.165, 1.54) is 37.8 Å². The molecule has 2 amide bonds. The highest BCUT2D eigenvalue weighted by Crippen LogP contribution is 2.07. The molecule has 0 aromatic carbocycles. The first kappa shape index (κ1) is 46.0. The summed E-state index contributed by atoms with van der Waals surface area (Å²) in [5.74, 6) is -0.767. The van der Waals surface area contributed by atoms with Crippen LogP contribution < -0.4 is 0 Å². The summed E-state index contributed by atoms with van der Waals surface area (Å²) in [6.45, 7) is 11.7. The van der Waals surface area contributed by atoms with Crippen LogP contribution in [0.25, 0.3) is 0 Å². The van der Waals surface area contributed by atoms with Gasteiger partial charge in [0.05, 0.1) is 139 Å². The highest BCUT2D eigenvalue weighted by Gasteiger charge is 2.22. The first-order valence-electron chi connectivity index (χ1n) is 18.1. The van der Waals surface area contributed by atoms with Gasteiger partial charge in [0.2, 0.25) is 0 Å². The van der Waals surface area contributed by atoms with Crippen LogP contribution in [0.3, 0.4) is 0 Å². The van der Waals surface area contributed by atoms with Gasteiger partial charge in [-0.05, 0) is 6.42 Å². The predicted molar refractivity (Wildman–Crippen MR) is 183 cm³/mol. The average molecular weight is 722 g/mol. The SMILES string of the molecule is CCCCCCCCC(=O)OCCOCCOCCOCCOCCOCCOCCOCCOCCOCCOCCN1C(=O)C=CC1=O. The summed E-state index contributed by atoms with van der Waals surface area (Å²) in [5.41, 5.74) is 0. The van der Waals surface area contributed by atoms with E-state index in [0.29, 0.717) is 132 Å². The van der Waals surface area contributed by atoms with E-state index in [1.807, 2.05) is 0 Å². The van der Waals surface area contributed by atoms with Gasteiger partial charge in [0, 0.05) is 18.6 Å². The van der Waals surface area contributed by atoms with Gasteiger partial charge in [0.1, 0.15) is 6.61 Å². The summed E-state index contributed by atoms with van der Waals surface area (Å²) in [7, 11) is 0. The Balaban J connectivity index is 1.63. The van der Waals surface area contributed by atoms with E-state index in [-0.39, 0.29) is 37.5 Å². The molecule has 0 radical (unpaired) electrons. The van der Waals surface area contributed by atoms with Crippen LogP contribution in [0.4, 0.5) is 0 Å². The molecule has 1 aliphatic rings. The summed E-state index contributed by atoms with van der Waals surface area (Å²) >= 11 is 0. The summed E-state index contributed by atoms with van der Waals surface area (Å²) in [6.07, 6.45) is 9.89. The van der Waals surface area contributed by atoms with Gasteiger partial charge in [-0.25, -0.2) is 0 Å². The van der Waals surface area contributed by atoms with Crippen molar-refractivity contribution in [3.8, 4) is 0 Å². The Morgan fingerprint density at radius 3 is 1.10 bits per heavy atom. The smallest absolute Gasteiger partial charge is 0.305 e. The largest absolute Gasteiger partial charge is 0.463 e. The molecule has 0 saturated carbocycles. The van der Waals surface area contributed by atoms with Crippen molar-refractivity contribution in [2.45, 2.75) is 51.9 Å². The van der Waals surface area contributed by atoms with Crippen LogP contribution in [-0.2, 0) is 66.5 Å². The second-order valence-corrected chi connectivity index (χ2v) is 11.0. The van der Waals surface area contributed by atoms with E-state index >= 15 is 0 Å². The van der Waals surface area contributed by atoms with Crippen molar-refractivity contribution in [1.82, 2.24) is 4.90 Å². The van der Waals surface area contributed by atoms with Crippen LogP contribution in [0.1, 0.15) is 51.9 Å². The number of esters is 1. The Kier molecular flexibility index (Phi) is 33.8. The van der Waals surface area contributed by atoms with Crippen molar-refractivity contribution in [2.75, 3.05) is 145 Å². The molecule has 292 valence electrons. The van der Waals surface area contributed by atoms with Gasteiger partial charge in [0.15, 0.2) is 0 Å². The van der Waals surface area contributed by atoms with Crippen molar-refractivity contribution in [3.63, 3.8) is 0 Å². The number of unbranched alkanes of at least 4 members (excludes halogenated alkanes) is 5. The van der Waals surface area contributed by atoms with Gasteiger partial charge in [0.25, 0.3) is 11.8 Å². The zero-order valence-corrected chi connectivity index (χ0v) is 30.3. The standard InChI is InChI=1S/C35H63NO14/c1-2-3-4-5-6-7-8-35(39)50-32-31-49-30-29-48-28-27-47-26-25-46-24-23-45-22-21-44-20-19-43-18-17-42-16-15-41-14-13-40-12-11-36-33(37)9-10-34(36)38/h9-10H,2-8,11-32H2,1H3. The van der Waals surface area contributed by atoms with Crippen LogP contribution in [0, 0.1) is 0 Å². The third-order valence-electron chi connectivity index (χ3n) is 6.93. The molecule has 0 fully saturated rings. The fourth-order valence-corrected chi connectivity index (χ4v) is 4.22. The molecule has 0 atom stereocenters. The number of amides is 2. The normalized spacial score (nSPS) is 12.9. The van der Waals surface area contributed by atoms with Gasteiger partial charge in [-0.15, -0.1) is 0 Å². The fourth-order valence-electron chi connectivity index (χ4n) is 4.22. The van der Waals surface area contributed by atoms with Crippen LogP contribution in [0.15, 0.2) is 12.2 Å². The topological polar surface area (TPSA) is 156 Å². The maximum absolute atomic E-state index is 11.7. The minimum Gasteiger partial charge on any atom is -0.463 e. The lowest BCUT2D eigenvalue weighted by Gasteiger charge is -2.13. The first-order chi connectivity index (χ1) is 24.6. The molecule has 50 heavy (non-hydrogen) atoms. The molecule has 0 spiro atoms. The minimum atomic E-state index is -0.309. The van der Waals surface area contributed by atoms with Crippen molar-refractivity contribution in [3.05, 3.63) is 12.2 Å². The predicted octanol–water partition coefficient (Wildman–Crippen LogP) is 2.37. The van der Waals surface area contributed by atoms with Gasteiger partial charge in [-0.2, -0.15) is 0 Å². The van der Waals surface area contributed by atoms with E-state index in [4.69, 9.17) is 52.1 Å². The average Bonchev–Trinajstić information content (AvgIpc) is 3.44. The Morgan fingerprint density at radius 2 is 0.740 bits per heavy atom. The minimum absolute atomic E-state index is 0.150. The molecule has 0 unspecified atom stereocenters. The lowest BCUT2D eigenvalue weighted by Crippen LogP contribution is -2.33. The molecule has 0 N–H and O–H groups in total. The van der Waals surface area contributed by atoms with Gasteiger partial charge in [-0.3, -0.25) is 19.3 Å². The Hall–Kier alpha value is -2.05. The lowest BCUT2D eigenvalue weighted by atomic mass is 10.1.